The molecule has 0 amide bonds. The number of esters is 2. The van der Waals surface area contributed by atoms with Gasteiger partial charge in [0.25, 0.3) is 0 Å². The van der Waals surface area contributed by atoms with E-state index in [1.165, 1.54) is 26.5 Å². The molecule has 190 valence electrons. The topological polar surface area (TPSA) is 85.3 Å². The maximum absolute atomic E-state index is 13.0. The van der Waals surface area contributed by atoms with Crippen molar-refractivity contribution >= 4 is 18.0 Å². The first-order valence-corrected chi connectivity index (χ1v) is 13.0. The van der Waals surface area contributed by atoms with Crippen LogP contribution in [0.25, 0.3) is 6.08 Å². The van der Waals surface area contributed by atoms with E-state index >= 15 is 0 Å². The summed E-state index contributed by atoms with van der Waals surface area (Å²) in [7, 11) is 1.49. The van der Waals surface area contributed by atoms with Crippen molar-refractivity contribution in [1.29, 1.82) is 0 Å². The molecule has 1 aromatic carbocycles. The summed E-state index contributed by atoms with van der Waals surface area (Å²) in [5.41, 5.74) is 0.782. The minimum absolute atomic E-state index is 0.0362. The number of benzene rings is 1. The molecule has 2 aliphatic carbocycles. The van der Waals surface area contributed by atoms with E-state index in [9.17, 15) is 14.7 Å². The molecule has 35 heavy (non-hydrogen) atoms. The number of phenols is 1. The standard InChI is InChI=1S/C28H37NO6/c1-17-16-28-21-6-4-12-29(28)13-5-7-22(28)24(15-20(21)27(17)34-18(2)30)35-26(32)11-9-19-8-10-23(31)25(14-19)33-3/h8-11,14,17,20-22,24,27,31H,4-7,12-13,15-16H2,1-3H3/b11-9+/t17-,20-,21+,22+,24-,27+,28+/m0/s1. The summed E-state index contributed by atoms with van der Waals surface area (Å²) >= 11 is 0. The summed E-state index contributed by atoms with van der Waals surface area (Å²) in [4.78, 5) is 27.6. The Morgan fingerprint density at radius 2 is 1.89 bits per heavy atom. The van der Waals surface area contributed by atoms with Crippen LogP contribution in [0, 0.1) is 23.7 Å². The van der Waals surface area contributed by atoms with Gasteiger partial charge in [-0.2, -0.15) is 0 Å². The van der Waals surface area contributed by atoms with Crippen LogP contribution < -0.4 is 4.74 Å². The van der Waals surface area contributed by atoms with Crippen molar-refractivity contribution in [2.45, 2.75) is 70.1 Å². The molecule has 2 aliphatic heterocycles. The van der Waals surface area contributed by atoms with Crippen molar-refractivity contribution in [1.82, 2.24) is 4.90 Å². The van der Waals surface area contributed by atoms with Gasteiger partial charge in [-0.15, -0.1) is 0 Å². The van der Waals surface area contributed by atoms with E-state index in [0.29, 0.717) is 23.5 Å². The molecule has 5 rings (SSSR count). The first-order valence-electron chi connectivity index (χ1n) is 13.0. The fraction of sp³-hybridized carbons (Fsp3) is 0.643. The summed E-state index contributed by atoms with van der Waals surface area (Å²) < 4.78 is 17.2. The first-order chi connectivity index (χ1) is 16.8. The number of nitrogens with zero attached hydrogens (tertiary/aromatic N) is 1. The van der Waals surface area contributed by atoms with Gasteiger partial charge < -0.3 is 19.3 Å². The van der Waals surface area contributed by atoms with Crippen LogP contribution in [0.15, 0.2) is 24.3 Å². The van der Waals surface area contributed by atoms with Gasteiger partial charge in [0, 0.05) is 30.4 Å². The number of rotatable bonds is 5. The van der Waals surface area contributed by atoms with E-state index in [2.05, 4.69) is 11.8 Å². The van der Waals surface area contributed by atoms with E-state index in [4.69, 9.17) is 14.2 Å². The number of ether oxygens (including phenoxy) is 3. The second-order valence-electron chi connectivity index (χ2n) is 10.9. The normalized spacial score (nSPS) is 36.3. The molecule has 1 aromatic rings. The van der Waals surface area contributed by atoms with Crippen LogP contribution in [-0.2, 0) is 19.1 Å². The maximum atomic E-state index is 13.0. The smallest absolute Gasteiger partial charge is 0.331 e. The van der Waals surface area contributed by atoms with E-state index in [1.54, 1.807) is 24.3 Å². The molecule has 2 heterocycles. The van der Waals surface area contributed by atoms with Crippen molar-refractivity contribution in [2.24, 2.45) is 23.7 Å². The molecule has 1 spiro atoms. The highest BCUT2D eigenvalue weighted by Crippen LogP contribution is 2.61. The molecule has 1 N–H and O–H groups in total. The quantitative estimate of drug-likeness (QED) is 0.497. The summed E-state index contributed by atoms with van der Waals surface area (Å²) in [6, 6.07) is 4.95. The van der Waals surface area contributed by atoms with Gasteiger partial charge >= 0.3 is 11.9 Å². The summed E-state index contributed by atoms with van der Waals surface area (Å²) in [6.07, 6.45) is 9.12. The van der Waals surface area contributed by atoms with E-state index in [-0.39, 0.29) is 41.4 Å². The van der Waals surface area contributed by atoms with Crippen molar-refractivity contribution in [3.8, 4) is 11.5 Å². The van der Waals surface area contributed by atoms with Crippen LogP contribution >= 0.6 is 0 Å². The fourth-order valence-corrected chi connectivity index (χ4v) is 7.99. The average Bonchev–Trinajstić information content (AvgIpc) is 2.83. The number of phenolic OH excluding ortho intramolecular Hbond substituents is 1. The highest BCUT2D eigenvalue weighted by molar-refractivity contribution is 5.87. The molecule has 4 aliphatic rings. The van der Waals surface area contributed by atoms with Gasteiger partial charge in [-0.1, -0.05) is 13.0 Å². The van der Waals surface area contributed by atoms with E-state index < -0.39 is 0 Å². The second-order valence-corrected chi connectivity index (χ2v) is 10.9. The minimum atomic E-state index is -0.361. The van der Waals surface area contributed by atoms with Crippen molar-refractivity contribution < 1.29 is 28.9 Å². The lowest BCUT2D eigenvalue weighted by Gasteiger charge is -2.68. The van der Waals surface area contributed by atoms with Crippen molar-refractivity contribution in [3.05, 3.63) is 29.8 Å². The average molecular weight is 484 g/mol. The third-order valence-corrected chi connectivity index (χ3v) is 9.05. The Morgan fingerprint density at radius 1 is 1.14 bits per heavy atom. The number of carbonyl (C=O) groups is 2. The second kappa shape index (κ2) is 9.49. The lowest BCUT2D eigenvalue weighted by Crippen LogP contribution is -2.74. The fourth-order valence-electron chi connectivity index (χ4n) is 7.99. The van der Waals surface area contributed by atoms with Gasteiger partial charge in [0.1, 0.15) is 12.2 Å². The van der Waals surface area contributed by atoms with Crippen LogP contribution in [0.3, 0.4) is 0 Å². The van der Waals surface area contributed by atoms with E-state index in [1.807, 2.05) is 0 Å². The lowest BCUT2D eigenvalue weighted by molar-refractivity contribution is -0.234. The highest BCUT2D eigenvalue weighted by atomic mass is 16.6. The van der Waals surface area contributed by atoms with Crippen molar-refractivity contribution in [3.63, 3.8) is 0 Å². The molecule has 0 radical (unpaired) electrons. The number of methoxy groups -OCH3 is 1. The molecule has 2 bridgehead atoms. The predicted octanol–water partition coefficient (Wildman–Crippen LogP) is 4.18. The Bertz CT molecular complexity index is 1010. The van der Waals surface area contributed by atoms with Gasteiger partial charge in [0.15, 0.2) is 11.5 Å². The predicted molar refractivity (Wildman–Crippen MR) is 131 cm³/mol. The number of aromatic hydroxyl groups is 1. The molecule has 0 aromatic heterocycles. The van der Waals surface area contributed by atoms with Crippen molar-refractivity contribution in [2.75, 3.05) is 20.2 Å². The molecular formula is C28H37NO6. The Labute approximate surface area is 207 Å². The van der Waals surface area contributed by atoms with Crippen LogP contribution in [0.4, 0.5) is 0 Å². The van der Waals surface area contributed by atoms with Gasteiger partial charge in [0.05, 0.1) is 7.11 Å². The zero-order chi connectivity index (χ0) is 24.7. The Kier molecular flexibility index (Phi) is 6.55. The molecule has 4 fully saturated rings. The molecular weight excluding hydrogens is 446 g/mol. The molecule has 0 unspecified atom stereocenters. The van der Waals surface area contributed by atoms with Gasteiger partial charge in [-0.05, 0) is 87.2 Å². The largest absolute Gasteiger partial charge is 0.504 e. The Morgan fingerprint density at radius 3 is 2.60 bits per heavy atom. The minimum Gasteiger partial charge on any atom is -0.504 e. The van der Waals surface area contributed by atoms with Crippen LogP contribution in [0.5, 0.6) is 11.5 Å². The third-order valence-electron chi connectivity index (χ3n) is 9.05. The molecule has 2 saturated heterocycles. The zero-order valence-electron chi connectivity index (χ0n) is 20.9. The zero-order valence-corrected chi connectivity index (χ0v) is 20.9. The third kappa shape index (κ3) is 4.22. The number of carbonyl (C=O) groups excluding carboxylic acids is 2. The van der Waals surface area contributed by atoms with Crippen LogP contribution in [0.2, 0.25) is 0 Å². The first kappa shape index (κ1) is 24.2. The summed E-state index contributed by atoms with van der Waals surface area (Å²) in [5, 5.41) is 9.80. The molecule has 7 heteroatoms. The van der Waals surface area contributed by atoms with Gasteiger partial charge in [0.2, 0.25) is 0 Å². The van der Waals surface area contributed by atoms with E-state index in [0.717, 1.165) is 50.8 Å². The van der Waals surface area contributed by atoms with Gasteiger partial charge in [-0.3, -0.25) is 9.69 Å². The number of hydrogen-bond donors (Lipinski definition) is 1. The summed E-state index contributed by atoms with van der Waals surface area (Å²) in [6.45, 7) is 5.93. The summed E-state index contributed by atoms with van der Waals surface area (Å²) in [5.74, 6) is 1.13. The highest BCUT2D eigenvalue weighted by Gasteiger charge is 2.66. The SMILES string of the molecule is COc1cc(/C=C/C(=O)O[C@H]2C[C@@H]3[C@H](OC(C)=O)[C@@H](C)C[C@]45[C@@H]3CCCN4CCC[C@H]25)ccc1O. The van der Waals surface area contributed by atoms with Crippen LogP contribution in [0.1, 0.15) is 57.9 Å². The lowest BCUT2D eigenvalue weighted by atomic mass is 9.47. The number of piperidine rings is 2. The molecule has 2 saturated carbocycles. The number of hydrogen-bond acceptors (Lipinski definition) is 7. The monoisotopic (exact) mass is 483 g/mol. The van der Waals surface area contributed by atoms with Gasteiger partial charge in [-0.25, -0.2) is 4.79 Å². The Balaban J connectivity index is 1.39. The van der Waals surface area contributed by atoms with Crippen LogP contribution in [-0.4, -0.2) is 59.9 Å². The molecule has 7 atom stereocenters. The molecule has 7 nitrogen and oxygen atoms in total. The maximum Gasteiger partial charge on any atom is 0.331 e. The Hall–Kier alpha value is -2.54.